The number of hydrogen-bond donors (Lipinski definition) is 2. The average Bonchev–Trinajstić information content (AvgIpc) is 3.09. The molecule has 3 aromatic rings. The zero-order chi connectivity index (χ0) is 11.5. The van der Waals surface area contributed by atoms with E-state index in [1.807, 2.05) is 12.3 Å². The summed E-state index contributed by atoms with van der Waals surface area (Å²) in [6.07, 6.45) is 1.84. The van der Waals surface area contributed by atoms with Gasteiger partial charge in [0.15, 0.2) is 0 Å². The normalized spacial score (nSPS) is 10.6. The molecule has 3 rings (SSSR count). The third-order valence-electron chi connectivity index (χ3n) is 2.28. The number of H-pyrrole nitrogens is 1. The Kier molecular flexibility index (Phi) is 2.85. The van der Waals surface area contributed by atoms with Gasteiger partial charge in [-0.05, 0) is 11.4 Å². The third kappa shape index (κ3) is 2.20. The molecule has 0 aliphatic heterocycles. The second-order valence-electron chi connectivity index (χ2n) is 3.34. The van der Waals surface area contributed by atoms with Gasteiger partial charge in [0, 0.05) is 12.1 Å². The summed E-state index contributed by atoms with van der Waals surface area (Å²) >= 11 is 3.18. The Morgan fingerprint density at radius 1 is 1.35 bits per heavy atom. The summed E-state index contributed by atoms with van der Waals surface area (Å²) in [6, 6.07) is 4.11. The van der Waals surface area contributed by atoms with Gasteiger partial charge < -0.3 is 5.32 Å². The van der Waals surface area contributed by atoms with Crippen molar-refractivity contribution in [2.24, 2.45) is 0 Å². The Labute approximate surface area is 106 Å². The highest BCUT2D eigenvalue weighted by Crippen LogP contribution is 2.26. The molecule has 0 unspecified atom stereocenters. The molecule has 2 N–H and O–H groups in total. The van der Waals surface area contributed by atoms with E-state index in [1.165, 1.54) is 16.2 Å². The fraction of sp³-hybridized carbons (Fsp3) is 0.100. The molecule has 7 heteroatoms. The van der Waals surface area contributed by atoms with Crippen LogP contribution in [0.15, 0.2) is 29.2 Å². The predicted molar refractivity (Wildman–Crippen MR) is 69.1 cm³/mol. The number of nitrogens with zero attached hydrogens (tertiary/aromatic N) is 3. The van der Waals surface area contributed by atoms with Crippen LogP contribution in [0.3, 0.4) is 0 Å². The lowest BCUT2D eigenvalue weighted by atomic mass is 10.2. The lowest BCUT2D eigenvalue weighted by Gasteiger charge is -2.01. The van der Waals surface area contributed by atoms with Gasteiger partial charge >= 0.3 is 0 Å². The fourth-order valence-corrected chi connectivity index (χ4v) is 2.70. The summed E-state index contributed by atoms with van der Waals surface area (Å²) in [4.78, 5) is 1.19. The molecule has 0 amide bonds. The topological polar surface area (TPSA) is 66.5 Å². The highest BCUT2D eigenvalue weighted by Gasteiger charge is 2.08. The van der Waals surface area contributed by atoms with Crippen molar-refractivity contribution in [3.8, 4) is 10.6 Å². The average molecular weight is 263 g/mol. The Morgan fingerprint density at radius 2 is 2.35 bits per heavy atom. The van der Waals surface area contributed by atoms with Crippen LogP contribution < -0.4 is 5.32 Å². The Balaban J connectivity index is 1.78. The van der Waals surface area contributed by atoms with E-state index >= 15 is 0 Å². The smallest absolute Gasteiger partial charge is 0.205 e. The molecule has 17 heavy (non-hydrogen) atoms. The molecular weight excluding hydrogens is 254 g/mol. The van der Waals surface area contributed by atoms with E-state index < -0.39 is 0 Å². The van der Waals surface area contributed by atoms with E-state index in [2.05, 4.69) is 37.2 Å². The van der Waals surface area contributed by atoms with Crippen LogP contribution in [0.4, 0.5) is 5.13 Å². The Bertz CT molecular complexity index is 570. The largest absolute Gasteiger partial charge is 0.356 e. The minimum Gasteiger partial charge on any atom is -0.356 e. The van der Waals surface area contributed by atoms with Gasteiger partial charge in [0.2, 0.25) is 5.13 Å². The molecule has 0 saturated carbocycles. The van der Waals surface area contributed by atoms with Crippen LogP contribution in [-0.4, -0.2) is 20.4 Å². The number of aromatic nitrogens is 4. The maximum absolute atomic E-state index is 4.09. The van der Waals surface area contributed by atoms with Gasteiger partial charge in [0.05, 0.1) is 16.8 Å². The number of aromatic amines is 1. The van der Waals surface area contributed by atoms with E-state index in [1.54, 1.807) is 16.8 Å². The summed E-state index contributed by atoms with van der Waals surface area (Å²) in [6.45, 7) is 0.693. The van der Waals surface area contributed by atoms with Gasteiger partial charge in [0.1, 0.15) is 5.51 Å². The maximum atomic E-state index is 4.09. The SMILES string of the molecule is c1csc(-c2[nH]ncc2CNc2nncs2)c1. The molecule has 0 fully saturated rings. The van der Waals surface area contributed by atoms with E-state index in [0.29, 0.717) is 6.54 Å². The maximum Gasteiger partial charge on any atom is 0.205 e. The highest BCUT2D eigenvalue weighted by molar-refractivity contribution is 7.13. The first-order valence-electron chi connectivity index (χ1n) is 4.99. The quantitative estimate of drug-likeness (QED) is 0.759. The standard InChI is InChI=1S/C10H9N5S2/c1-2-8(16-3-1)9-7(5-12-14-9)4-11-10-15-13-6-17-10/h1-3,5-6H,4H2,(H,11,15)(H,12,14). The molecule has 3 aromatic heterocycles. The van der Waals surface area contributed by atoms with E-state index in [0.717, 1.165) is 16.4 Å². The van der Waals surface area contributed by atoms with Crippen LogP contribution >= 0.6 is 22.7 Å². The number of rotatable bonds is 4. The van der Waals surface area contributed by atoms with E-state index in [9.17, 15) is 0 Å². The van der Waals surface area contributed by atoms with Crippen molar-refractivity contribution < 1.29 is 0 Å². The summed E-state index contributed by atoms with van der Waals surface area (Å²) in [5, 5.41) is 20.9. The summed E-state index contributed by atoms with van der Waals surface area (Å²) < 4.78 is 0. The molecule has 0 bridgehead atoms. The molecule has 0 aliphatic carbocycles. The van der Waals surface area contributed by atoms with E-state index in [4.69, 9.17) is 0 Å². The molecule has 0 radical (unpaired) electrons. The molecule has 0 spiro atoms. The molecule has 86 valence electrons. The molecule has 5 nitrogen and oxygen atoms in total. The van der Waals surface area contributed by atoms with Gasteiger partial charge in [-0.1, -0.05) is 17.4 Å². The molecule has 0 atom stereocenters. The molecule has 0 aromatic carbocycles. The van der Waals surface area contributed by atoms with Crippen molar-refractivity contribution in [2.45, 2.75) is 6.54 Å². The fourth-order valence-electron chi connectivity index (χ4n) is 1.50. The highest BCUT2D eigenvalue weighted by atomic mass is 32.1. The summed E-state index contributed by atoms with van der Waals surface area (Å²) in [5.41, 5.74) is 3.90. The van der Waals surface area contributed by atoms with Crippen LogP contribution in [0.5, 0.6) is 0 Å². The van der Waals surface area contributed by atoms with Gasteiger partial charge in [-0.25, -0.2) is 0 Å². The Morgan fingerprint density at radius 3 is 3.12 bits per heavy atom. The van der Waals surface area contributed by atoms with Gasteiger partial charge in [0.25, 0.3) is 0 Å². The summed E-state index contributed by atoms with van der Waals surface area (Å²) in [5.74, 6) is 0. The lowest BCUT2D eigenvalue weighted by Crippen LogP contribution is -1.99. The van der Waals surface area contributed by atoms with Crippen molar-refractivity contribution in [1.29, 1.82) is 0 Å². The van der Waals surface area contributed by atoms with Crippen LogP contribution in [0, 0.1) is 0 Å². The van der Waals surface area contributed by atoms with Crippen molar-refractivity contribution >= 4 is 27.8 Å². The number of anilines is 1. The first-order chi connectivity index (χ1) is 8.43. The number of thiophene rings is 1. The first kappa shape index (κ1) is 10.4. The van der Waals surface area contributed by atoms with Crippen LogP contribution in [0.1, 0.15) is 5.56 Å². The number of nitrogens with one attached hydrogen (secondary N) is 2. The first-order valence-corrected chi connectivity index (χ1v) is 6.75. The monoisotopic (exact) mass is 263 g/mol. The van der Waals surface area contributed by atoms with Crippen LogP contribution in [0.2, 0.25) is 0 Å². The van der Waals surface area contributed by atoms with Crippen molar-refractivity contribution in [3.05, 3.63) is 34.8 Å². The van der Waals surface area contributed by atoms with Crippen molar-refractivity contribution in [3.63, 3.8) is 0 Å². The molecule has 0 aliphatic rings. The molecular formula is C10H9N5S2. The van der Waals surface area contributed by atoms with Gasteiger partial charge in [-0.2, -0.15) is 5.10 Å². The Hall–Kier alpha value is -1.73. The second kappa shape index (κ2) is 4.64. The third-order valence-corrected chi connectivity index (χ3v) is 3.81. The molecule has 0 saturated heterocycles. The molecule has 3 heterocycles. The van der Waals surface area contributed by atoms with E-state index in [-0.39, 0.29) is 0 Å². The predicted octanol–water partition coefficient (Wildman–Crippen LogP) is 2.60. The van der Waals surface area contributed by atoms with Gasteiger partial charge in [-0.3, -0.25) is 5.10 Å². The second-order valence-corrected chi connectivity index (χ2v) is 5.13. The van der Waals surface area contributed by atoms with Crippen molar-refractivity contribution in [2.75, 3.05) is 5.32 Å². The minimum atomic E-state index is 0.693. The number of hydrogen-bond acceptors (Lipinski definition) is 6. The van der Waals surface area contributed by atoms with Crippen LogP contribution in [-0.2, 0) is 6.54 Å². The van der Waals surface area contributed by atoms with Crippen LogP contribution in [0.25, 0.3) is 10.6 Å². The minimum absolute atomic E-state index is 0.693. The summed E-state index contributed by atoms with van der Waals surface area (Å²) in [7, 11) is 0. The van der Waals surface area contributed by atoms with Gasteiger partial charge in [-0.15, -0.1) is 21.5 Å². The zero-order valence-electron chi connectivity index (χ0n) is 8.75. The lowest BCUT2D eigenvalue weighted by molar-refractivity contribution is 1.05. The zero-order valence-corrected chi connectivity index (χ0v) is 10.4. The van der Waals surface area contributed by atoms with Crippen molar-refractivity contribution in [1.82, 2.24) is 20.4 Å².